The Hall–Kier alpha value is -4.27. The highest BCUT2D eigenvalue weighted by Gasteiger charge is 2.22. The van der Waals surface area contributed by atoms with Gasteiger partial charge in [-0.25, -0.2) is 9.07 Å². The lowest BCUT2D eigenvalue weighted by Gasteiger charge is -2.07. The van der Waals surface area contributed by atoms with E-state index >= 15 is 0 Å². The second-order valence-corrected chi connectivity index (χ2v) is 8.12. The molecule has 0 radical (unpaired) electrons. The average molecular weight is 461 g/mol. The molecule has 0 aliphatic carbocycles. The number of carbonyl (C=O) groups excluding carboxylic acids is 2. The number of rotatable bonds is 6. The molecule has 0 atom stereocenters. The van der Waals surface area contributed by atoms with Crippen LogP contribution in [-0.2, 0) is 17.9 Å². The Morgan fingerprint density at radius 3 is 2.35 bits per heavy atom. The molecule has 174 valence electrons. The Morgan fingerprint density at radius 2 is 1.68 bits per heavy atom. The third-order valence-electron chi connectivity index (χ3n) is 5.66. The van der Waals surface area contributed by atoms with Crippen molar-refractivity contribution in [3.8, 4) is 0 Å². The molecule has 0 aliphatic heterocycles. The molecular weight excluding hydrogens is 437 g/mol. The van der Waals surface area contributed by atoms with Crippen LogP contribution in [0.3, 0.4) is 0 Å². The van der Waals surface area contributed by atoms with E-state index in [1.54, 1.807) is 18.2 Å². The number of anilines is 1. The molecule has 2 aromatic carbocycles. The minimum absolute atomic E-state index is 0.280. The van der Waals surface area contributed by atoms with Crippen LogP contribution in [0.1, 0.15) is 32.7 Å². The van der Waals surface area contributed by atoms with Crippen LogP contribution in [0.2, 0.25) is 0 Å². The molecule has 0 spiro atoms. The number of amides is 2. The predicted octanol–water partition coefficient (Wildman–Crippen LogP) is 3.13. The van der Waals surface area contributed by atoms with Gasteiger partial charge in [-0.2, -0.15) is 5.10 Å². The quantitative estimate of drug-likeness (QED) is 0.461. The van der Waals surface area contributed by atoms with Gasteiger partial charge in [0.1, 0.15) is 24.2 Å². The Morgan fingerprint density at radius 1 is 1.00 bits per heavy atom. The number of hydrogen-bond acceptors (Lipinski definition) is 4. The number of halogens is 1. The lowest BCUT2D eigenvalue weighted by atomic mass is 10.1. The summed E-state index contributed by atoms with van der Waals surface area (Å²) in [6.45, 7) is 5.47. The zero-order valence-corrected chi connectivity index (χ0v) is 19.1. The molecule has 34 heavy (non-hydrogen) atoms. The predicted molar refractivity (Wildman–Crippen MR) is 126 cm³/mol. The van der Waals surface area contributed by atoms with Crippen molar-refractivity contribution >= 4 is 23.0 Å². The summed E-state index contributed by atoms with van der Waals surface area (Å²) in [6, 6.07) is 13.2. The van der Waals surface area contributed by atoms with Gasteiger partial charge in [0.25, 0.3) is 11.5 Å². The molecule has 0 bridgehead atoms. The first-order valence-corrected chi connectivity index (χ1v) is 10.7. The third-order valence-corrected chi connectivity index (χ3v) is 5.66. The number of aromatic nitrogens is 3. The number of benzene rings is 2. The fraction of sp³-hybridized carbons (Fsp3) is 0.200. The number of nitrogens with zero attached hydrogens (tertiary/aromatic N) is 3. The van der Waals surface area contributed by atoms with Gasteiger partial charge in [0.05, 0.1) is 5.56 Å². The molecule has 0 unspecified atom stereocenters. The smallest absolute Gasteiger partial charge is 0.291 e. The normalized spacial score (nSPS) is 10.9. The second kappa shape index (κ2) is 9.30. The van der Waals surface area contributed by atoms with Gasteiger partial charge in [0.2, 0.25) is 5.91 Å². The van der Waals surface area contributed by atoms with Gasteiger partial charge >= 0.3 is 0 Å². The number of nitrogens with one attached hydrogen (secondary N) is 2. The van der Waals surface area contributed by atoms with Gasteiger partial charge in [0.15, 0.2) is 0 Å². The van der Waals surface area contributed by atoms with Crippen LogP contribution in [0.15, 0.2) is 59.7 Å². The van der Waals surface area contributed by atoms with Crippen molar-refractivity contribution in [3.05, 3.63) is 99.0 Å². The van der Waals surface area contributed by atoms with Crippen molar-refractivity contribution in [2.75, 3.05) is 5.32 Å². The monoisotopic (exact) mass is 461 g/mol. The highest BCUT2D eigenvalue weighted by Crippen LogP contribution is 2.20. The van der Waals surface area contributed by atoms with Gasteiger partial charge in [-0.05, 0) is 56.2 Å². The van der Waals surface area contributed by atoms with Gasteiger partial charge in [-0.1, -0.05) is 29.8 Å². The summed E-state index contributed by atoms with van der Waals surface area (Å²) in [7, 11) is 0. The molecule has 2 aromatic heterocycles. The van der Waals surface area contributed by atoms with Crippen molar-refractivity contribution in [2.24, 2.45) is 0 Å². The summed E-state index contributed by atoms with van der Waals surface area (Å²) in [5.41, 5.74) is 3.80. The summed E-state index contributed by atoms with van der Waals surface area (Å²) in [5, 5.41) is 9.60. The number of hydrogen-bond donors (Lipinski definition) is 2. The maximum Gasteiger partial charge on any atom is 0.291 e. The number of aryl methyl sites for hydroxylation is 3. The van der Waals surface area contributed by atoms with E-state index in [-0.39, 0.29) is 18.0 Å². The zero-order valence-electron chi connectivity index (χ0n) is 19.1. The van der Waals surface area contributed by atoms with E-state index in [4.69, 9.17) is 0 Å². The maximum atomic E-state index is 13.1. The molecule has 4 aromatic rings. The SMILES string of the molecule is Cc1ccc(CNC(=O)c2c(C)c3c(=O)n(CC(=O)Nc4ccc(F)cc4)ncn3c2C)cc1. The Bertz CT molecular complexity index is 1440. The van der Waals surface area contributed by atoms with Crippen molar-refractivity contribution < 1.29 is 14.0 Å². The lowest BCUT2D eigenvalue weighted by molar-refractivity contribution is -0.117. The van der Waals surface area contributed by atoms with Crippen LogP contribution in [0.25, 0.3) is 5.52 Å². The number of fused-ring (bicyclic) bond motifs is 1. The van der Waals surface area contributed by atoms with E-state index in [1.165, 1.54) is 30.6 Å². The first-order valence-electron chi connectivity index (χ1n) is 10.7. The molecule has 0 saturated heterocycles. The van der Waals surface area contributed by atoms with Gasteiger partial charge in [0, 0.05) is 17.9 Å². The van der Waals surface area contributed by atoms with Crippen LogP contribution in [-0.4, -0.2) is 26.0 Å². The van der Waals surface area contributed by atoms with Crippen LogP contribution < -0.4 is 16.2 Å². The highest BCUT2D eigenvalue weighted by molar-refractivity contribution is 5.99. The van der Waals surface area contributed by atoms with E-state index in [1.807, 2.05) is 31.2 Å². The van der Waals surface area contributed by atoms with Crippen LogP contribution in [0.4, 0.5) is 10.1 Å². The fourth-order valence-corrected chi connectivity index (χ4v) is 3.85. The number of carbonyl (C=O) groups is 2. The molecular formula is C25H24FN5O3. The molecule has 2 heterocycles. The third kappa shape index (κ3) is 4.59. The van der Waals surface area contributed by atoms with Crippen molar-refractivity contribution in [1.82, 2.24) is 19.5 Å². The molecule has 2 amide bonds. The van der Waals surface area contributed by atoms with E-state index in [9.17, 15) is 18.8 Å². The fourth-order valence-electron chi connectivity index (χ4n) is 3.85. The van der Waals surface area contributed by atoms with E-state index in [0.717, 1.165) is 15.8 Å². The van der Waals surface area contributed by atoms with Crippen molar-refractivity contribution in [3.63, 3.8) is 0 Å². The minimum Gasteiger partial charge on any atom is -0.348 e. The first-order chi connectivity index (χ1) is 16.2. The zero-order chi connectivity index (χ0) is 24.4. The van der Waals surface area contributed by atoms with Crippen LogP contribution in [0, 0.1) is 26.6 Å². The molecule has 9 heteroatoms. The Kier molecular flexibility index (Phi) is 6.27. The Labute approximate surface area is 195 Å². The highest BCUT2D eigenvalue weighted by atomic mass is 19.1. The topological polar surface area (TPSA) is 97.5 Å². The van der Waals surface area contributed by atoms with Gasteiger partial charge in [-0.15, -0.1) is 0 Å². The average Bonchev–Trinajstić information content (AvgIpc) is 3.07. The molecule has 0 aliphatic rings. The first kappa shape index (κ1) is 22.9. The summed E-state index contributed by atoms with van der Waals surface area (Å²) in [5.74, 6) is -1.19. The molecule has 0 fully saturated rings. The lowest BCUT2D eigenvalue weighted by Crippen LogP contribution is -2.30. The molecule has 2 N–H and O–H groups in total. The van der Waals surface area contributed by atoms with E-state index in [0.29, 0.717) is 29.1 Å². The summed E-state index contributed by atoms with van der Waals surface area (Å²) >= 11 is 0. The van der Waals surface area contributed by atoms with Crippen molar-refractivity contribution in [2.45, 2.75) is 33.9 Å². The summed E-state index contributed by atoms with van der Waals surface area (Å²) in [6.07, 6.45) is 1.42. The Balaban J connectivity index is 1.56. The largest absolute Gasteiger partial charge is 0.348 e. The van der Waals surface area contributed by atoms with E-state index < -0.39 is 17.3 Å². The maximum absolute atomic E-state index is 13.1. The van der Waals surface area contributed by atoms with Gasteiger partial charge < -0.3 is 10.6 Å². The molecule has 0 saturated carbocycles. The molecule has 4 rings (SSSR count). The standard InChI is InChI=1S/C25H24FN5O3/c1-15-4-6-18(7-5-15)12-27-24(33)22-16(2)23-25(34)31(28-14-30(23)17(22)3)13-21(32)29-20-10-8-19(26)9-11-20/h4-11,14H,12-13H2,1-3H3,(H,27,33)(H,29,32). The van der Waals surface area contributed by atoms with Crippen LogP contribution >= 0.6 is 0 Å². The summed E-state index contributed by atoms with van der Waals surface area (Å²) in [4.78, 5) is 38.4. The second-order valence-electron chi connectivity index (χ2n) is 8.12. The van der Waals surface area contributed by atoms with Gasteiger partial charge in [-0.3, -0.25) is 18.8 Å². The summed E-state index contributed by atoms with van der Waals surface area (Å²) < 4.78 is 15.7. The van der Waals surface area contributed by atoms with Crippen molar-refractivity contribution in [1.29, 1.82) is 0 Å². The minimum atomic E-state index is -0.491. The van der Waals surface area contributed by atoms with Crippen LogP contribution in [0.5, 0.6) is 0 Å². The van der Waals surface area contributed by atoms with E-state index in [2.05, 4.69) is 15.7 Å². The molecule has 8 nitrogen and oxygen atoms in total.